The molecule has 0 aliphatic carbocycles. The number of carbonyl (C=O) groups is 1. The number of amides is 1. The van der Waals surface area contributed by atoms with E-state index in [9.17, 15) is 13.2 Å². The first-order chi connectivity index (χ1) is 14.3. The second-order valence-corrected chi connectivity index (χ2v) is 9.38. The number of rotatable bonds is 9. The molecule has 0 aliphatic rings. The van der Waals surface area contributed by atoms with Gasteiger partial charge in [-0.15, -0.1) is 0 Å². The molecule has 0 spiro atoms. The highest BCUT2D eigenvalue weighted by Crippen LogP contribution is 2.16. The molecule has 0 atom stereocenters. The van der Waals surface area contributed by atoms with Gasteiger partial charge < -0.3 is 9.88 Å². The molecular formula is C23H27N3O3S. The van der Waals surface area contributed by atoms with E-state index in [4.69, 9.17) is 0 Å². The minimum absolute atomic E-state index is 0.0853. The molecule has 7 heteroatoms. The highest BCUT2D eigenvalue weighted by Gasteiger charge is 2.15. The molecule has 3 rings (SSSR count). The van der Waals surface area contributed by atoms with Crippen molar-refractivity contribution in [3.63, 3.8) is 0 Å². The molecule has 0 fully saturated rings. The van der Waals surface area contributed by atoms with Crippen LogP contribution in [0.4, 0.5) is 5.69 Å². The zero-order valence-corrected chi connectivity index (χ0v) is 18.0. The summed E-state index contributed by atoms with van der Waals surface area (Å²) in [7, 11) is -3.67. The number of nitrogens with zero attached hydrogens (tertiary/aromatic N) is 1. The van der Waals surface area contributed by atoms with E-state index in [0.717, 1.165) is 11.3 Å². The second kappa shape index (κ2) is 9.73. The largest absolute Gasteiger partial charge is 0.346 e. The van der Waals surface area contributed by atoms with Crippen LogP contribution in [0.25, 0.3) is 0 Å². The van der Waals surface area contributed by atoms with Crippen molar-refractivity contribution in [1.82, 2.24) is 9.29 Å². The van der Waals surface area contributed by atoms with E-state index in [1.165, 1.54) is 12.1 Å². The van der Waals surface area contributed by atoms with E-state index in [1.807, 2.05) is 67.1 Å². The predicted molar refractivity (Wildman–Crippen MR) is 119 cm³/mol. The third-order valence-electron chi connectivity index (χ3n) is 4.60. The SMILES string of the molecule is CC(C)CC(=O)Nc1ccc(S(=O)(=O)NCc2cccn2Cc2ccccc2)cc1. The molecule has 1 aromatic heterocycles. The van der Waals surface area contributed by atoms with Gasteiger partial charge in [0.15, 0.2) is 0 Å². The monoisotopic (exact) mass is 425 g/mol. The lowest BCUT2D eigenvalue weighted by atomic mass is 10.1. The van der Waals surface area contributed by atoms with Crippen LogP contribution in [0.2, 0.25) is 0 Å². The summed E-state index contributed by atoms with van der Waals surface area (Å²) in [6.45, 7) is 4.80. The number of benzene rings is 2. The maximum Gasteiger partial charge on any atom is 0.240 e. The Bertz CT molecular complexity index is 1070. The molecule has 1 amide bonds. The van der Waals surface area contributed by atoms with Crippen LogP contribution in [0.15, 0.2) is 77.8 Å². The van der Waals surface area contributed by atoms with Crippen LogP contribution in [0.5, 0.6) is 0 Å². The third-order valence-corrected chi connectivity index (χ3v) is 6.02. The van der Waals surface area contributed by atoms with Gasteiger partial charge in [-0.1, -0.05) is 44.2 Å². The van der Waals surface area contributed by atoms with E-state index in [-0.39, 0.29) is 23.3 Å². The normalized spacial score (nSPS) is 11.6. The van der Waals surface area contributed by atoms with Crippen molar-refractivity contribution in [2.45, 2.75) is 38.3 Å². The molecule has 158 valence electrons. The maximum atomic E-state index is 12.7. The summed E-state index contributed by atoms with van der Waals surface area (Å²) in [6, 6.07) is 20.0. The zero-order valence-electron chi connectivity index (χ0n) is 17.2. The number of hydrogen-bond acceptors (Lipinski definition) is 3. The first-order valence-corrected chi connectivity index (χ1v) is 11.4. The standard InChI is InChI=1S/C23H27N3O3S/c1-18(2)15-23(27)25-20-10-12-22(13-11-20)30(28,29)24-16-21-9-6-14-26(21)17-19-7-4-3-5-8-19/h3-14,18,24H,15-17H2,1-2H3,(H,25,27). The van der Waals surface area contributed by atoms with Gasteiger partial charge in [-0.25, -0.2) is 13.1 Å². The Balaban J connectivity index is 1.62. The summed E-state index contributed by atoms with van der Waals surface area (Å²) in [5.74, 6) is 0.174. The molecule has 0 saturated carbocycles. The Morgan fingerprint density at radius 1 is 0.967 bits per heavy atom. The van der Waals surface area contributed by atoms with Crippen molar-refractivity contribution < 1.29 is 13.2 Å². The Morgan fingerprint density at radius 2 is 1.67 bits per heavy atom. The van der Waals surface area contributed by atoms with E-state index in [0.29, 0.717) is 18.7 Å². The highest BCUT2D eigenvalue weighted by molar-refractivity contribution is 7.89. The Labute approximate surface area is 178 Å². The molecule has 1 heterocycles. The predicted octanol–water partition coefficient (Wildman–Crippen LogP) is 4.00. The highest BCUT2D eigenvalue weighted by atomic mass is 32.2. The molecule has 0 unspecified atom stereocenters. The van der Waals surface area contributed by atoms with Gasteiger partial charge in [-0.2, -0.15) is 0 Å². The number of aromatic nitrogens is 1. The van der Waals surface area contributed by atoms with Crippen LogP contribution in [-0.4, -0.2) is 18.9 Å². The quantitative estimate of drug-likeness (QED) is 0.544. The van der Waals surface area contributed by atoms with Gasteiger partial charge in [0.1, 0.15) is 0 Å². The van der Waals surface area contributed by atoms with Gasteiger partial charge in [-0.05, 0) is 47.9 Å². The molecule has 3 aromatic rings. The van der Waals surface area contributed by atoms with Crippen molar-refractivity contribution in [2.24, 2.45) is 5.92 Å². The fourth-order valence-corrected chi connectivity index (χ4v) is 4.10. The van der Waals surface area contributed by atoms with Crippen molar-refractivity contribution in [1.29, 1.82) is 0 Å². The molecule has 30 heavy (non-hydrogen) atoms. The summed E-state index contributed by atoms with van der Waals surface area (Å²) in [5, 5.41) is 2.78. The summed E-state index contributed by atoms with van der Waals surface area (Å²) in [6.07, 6.45) is 2.36. The molecule has 0 radical (unpaired) electrons. The summed E-state index contributed by atoms with van der Waals surface area (Å²) in [4.78, 5) is 12.0. The molecule has 2 aromatic carbocycles. The first kappa shape index (κ1) is 21.8. The van der Waals surface area contributed by atoms with E-state index >= 15 is 0 Å². The first-order valence-electron chi connectivity index (χ1n) is 9.91. The molecular weight excluding hydrogens is 398 g/mol. The average molecular weight is 426 g/mol. The van der Waals surface area contributed by atoms with Crippen molar-refractivity contribution in [3.05, 3.63) is 84.2 Å². The Hall–Kier alpha value is -2.90. The number of carbonyl (C=O) groups excluding carboxylic acids is 1. The molecule has 0 saturated heterocycles. The molecule has 0 bridgehead atoms. The van der Waals surface area contributed by atoms with Gasteiger partial charge >= 0.3 is 0 Å². The van der Waals surface area contributed by atoms with Gasteiger partial charge in [0.05, 0.1) is 11.4 Å². The van der Waals surface area contributed by atoms with Crippen LogP contribution in [0, 0.1) is 5.92 Å². The fraction of sp³-hybridized carbons (Fsp3) is 0.261. The van der Waals surface area contributed by atoms with Gasteiger partial charge in [-0.3, -0.25) is 4.79 Å². The molecule has 2 N–H and O–H groups in total. The number of hydrogen-bond donors (Lipinski definition) is 2. The lowest BCUT2D eigenvalue weighted by molar-refractivity contribution is -0.116. The summed E-state index contributed by atoms with van der Waals surface area (Å²) < 4.78 is 30.0. The smallest absolute Gasteiger partial charge is 0.240 e. The van der Waals surface area contributed by atoms with Gasteiger partial charge in [0.25, 0.3) is 0 Å². The van der Waals surface area contributed by atoms with Crippen LogP contribution in [0.1, 0.15) is 31.5 Å². The van der Waals surface area contributed by atoms with Crippen LogP contribution < -0.4 is 10.0 Å². The summed E-state index contributed by atoms with van der Waals surface area (Å²) in [5.41, 5.74) is 2.60. The van der Waals surface area contributed by atoms with E-state index in [1.54, 1.807) is 12.1 Å². The van der Waals surface area contributed by atoms with E-state index < -0.39 is 10.0 Å². The van der Waals surface area contributed by atoms with Crippen LogP contribution in [-0.2, 0) is 27.9 Å². The number of sulfonamides is 1. The Kier molecular flexibility index (Phi) is 7.07. The van der Waals surface area contributed by atoms with Gasteiger partial charge in [0.2, 0.25) is 15.9 Å². The van der Waals surface area contributed by atoms with Crippen molar-refractivity contribution >= 4 is 21.6 Å². The molecule has 6 nitrogen and oxygen atoms in total. The van der Waals surface area contributed by atoms with E-state index in [2.05, 4.69) is 10.0 Å². The topological polar surface area (TPSA) is 80.2 Å². The summed E-state index contributed by atoms with van der Waals surface area (Å²) >= 11 is 0. The molecule has 0 aliphatic heterocycles. The lowest BCUT2D eigenvalue weighted by Gasteiger charge is -2.12. The van der Waals surface area contributed by atoms with Crippen LogP contribution in [0.3, 0.4) is 0 Å². The lowest BCUT2D eigenvalue weighted by Crippen LogP contribution is -2.24. The second-order valence-electron chi connectivity index (χ2n) is 7.61. The zero-order chi connectivity index (χ0) is 21.6. The van der Waals surface area contributed by atoms with Crippen LogP contribution >= 0.6 is 0 Å². The maximum absolute atomic E-state index is 12.7. The fourth-order valence-electron chi connectivity index (χ4n) is 3.10. The number of nitrogens with one attached hydrogen (secondary N) is 2. The van der Waals surface area contributed by atoms with Crippen molar-refractivity contribution in [2.75, 3.05) is 5.32 Å². The minimum Gasteiger partial charge on any atom is -0.346 e. The third kappa shape index (κ3) is 6.05. The minimum atomic E-state index is -3.67. The number of anilines is 1. The average Bonchev–Trinajstić information content (AvgIpc) is 3.14. The van der Waals surface area contributed by atoms with Crippen molar-refractivity contribution in [3.8, 4) is 0 Å². The van der Waals surface area contributed by atoms with Gasteiger partial charge in [0, 0.05) is 30.5 Å². The Morgan fingerprint density at radius 3 is 2.33 bits per heavy atom.